The molecule has 0 N–H and O–H groups in total. The summed E-state index contributed by atoms with van der Waals surface area (Å²) in [6.45, 7) is 6.02. The molecule has 0 spiro atoms. The fraction of sp³-hybridized carbons (Fsp3) is 0.600. The second-order valence-electron chi connectivity index (χ2n) is 5.99. The van der Waals surface area contributed by atoms with Gasteiger partial charge in [0.2, 0.25) is 6.41 Å². The number of hydrogen-bond acceptors (Lipinski definition) is 6. The van der Waals surface area contributed by atoms with Gasteiger partial charge in [-0.2, -0.15) is 0 Å². The SMILES string of the molecule is CN1CCN(c2cc(C(=O)N3CCN(C=O)CC3)ncn2)CC1. The number of piperazine rings is 2. The molecule has 3 heterocycles. The van der Waals surface area contributed by atoms with Crippen molar-refractivity contribution in [1.29, 1.82) is 0 Å². The topological polar surface area (TPSA) is 72.9 Å². The van der Waals surface area contributed by atoms with Gasteiger partial charge in [-0.05, 0) is 7.05 Å². The number of nitrogens with zero attached hydrogens (tertiary/aromatic N) is 6. The average molecular weight is 318 g/mol. The Bertz CT molecular complexity index is 565. The summed E-state index contributed by atoms with van der Waals surface area (Å²) >= 11 is 0. The molecule has 1 aromatic heterocycles. The van der Waals surface area contributed by atoms with Crippen LogP contribution in [0.5, 0.6) is 0 Å². The smallest absolute Gasteiger partial charge is 0.272 e. The van der Waals surface area contributed by atoms with E-state index in [-0.39, 0.29) is 5.91 Å². The average Bonchev–Trinajstić information content (AvgIpc) is 2.62. The van der Waals surface area contributed by atoms with E-state index in [1.54, 1.807) is 15.9 Å². The summed E-state index contributed by atoms with van der Waals surface area (Å²) in [6, 6.07) is 1.78. The van der Waals surface area contributed by atoms with Gasteiger partial charge in [-0.25, -0.2) is 9.97 Å². The minimum Gasteiger partial charge on any atom is -0.354 e. The maximum absolute atomic E-state index is 12.6. The van der Waals surface area contributed by atoms with Crippen molar-refractivity contribution >= 4 is 18.1 Å². The molecule has 8 nitrogen and oxygen atoms in total. The standard InChI is InChI=1S/C15H22N6O2/c1-18-2-6-20(7-3-18)14-10-13(16-11-17-14)15(23)21-8-4-19(12-22)5-9-21/h10-12H,2-9H2,1H3. The summed E-state index contributed by atoms with van der Waals surface area (Å²) in [6.07, 6.45) is 2.29. The third-order valence-electron chi connectivity index (χ3n) is 4.45. The quantitative estimate of drug-likeness (QED) is 0.676. The summed E-state index contributed by atoms with van der Waals surface area (Å²) in [7, 11) is 2.10. The lowest BCUT2D eigenvalue weighted by Crippen LogP contribution is -2.48. The van der Waals surface area contributed by atoms with Gasteiger partial charge in [0.05, 0.1) is 0 Å². The second kappa shape index (κ2) is 6.91. The van der Waals surface area contributed by atoms with E-state index in [4.69, 9.17) is 0 Å². The first-order valence-corrected chi connectivity index (χ1v) is 7.91. The largest absolute Gasteiger partial charge is 0.354 e. The Morgan fingerprint density at radius 3 is 2.39 bits per heavy atom. The highest BCUT2D eigenvalue weighted by molar-refractivity contribution is 5.93. The van der Waals surface area contributed by atoms with Gasteiger partial charge in [0.1, 0.15) is 17.8 Å². The highest BCUT2D eigenvalue weighted by atomic mass is 16.2. The summed E-state index contributed by atoms with van der Waals surface area (Å²) in [5, 5.41) is 0. The second-order valence-corrected chi connectivity index (χ2v) is 5.99. The molecule has 0 atom stereocenters. The number of hydrogen-bond donors (Lipinski definition) is 0. The predicted octanol–water partition coefficient (Wildman–Crippen LogP) is -0.857. The van der Waals surface area contributed by atoms with Crippen molar-refractivity contribution in [3.05, 3.63) is 18.1 Å². The van der Waals surface area contributed by atoms with Gasteiger partial charge in [0.25, 0.3) is 5.91 Å². The Morgan fingerprint density at radius 1 is 1.04 bits per heavy atom. The number of amides is 2. The molecule has 0 radical (unpaired) electrons. The number of rotatable bonds is 3. The van der Waals surface area contributed by atoms with E-state index in [1.807, 2.05) is 0 Å². The van der Waals surface area contributed by atoms with E-state index in [1.165, 1.54) is 6.33 Å². The van der Waals surface area contributed by atoms with Crippen molar-refractivity contribution < 1.29 is 9.59 Å². The van der Waals surface area contributed by atoms with Crippen LogP contribution in [0.1, 0.15) is 10.5 Å². The molecule has 124 valence electrons. The van der Waals surface area contributed by atoms with Gasteiger partial charge in [0, 0.05) is 58.4 Å². The number of anilines is 1. The summed E-state index contributed by atoms with van der Waals surface area (Å²) in [4.78, 5) is 39.7. The molecule has 23 heavy (non-hydrogen) atoms. The van der Waals surface area contributed by atoms with Crippen LogP contribution in [0.3, 0.4) is 0 Å². The fourth-order valence-electron chi connectivity index (χ4n) is 2.86. The van der Waals surface area contributed by atoms with Crippen LogP contribution in [-0.4, -0.2) is 96.4 Å². The Morgan fingerprint density at radius 2 is 1.74 bits per heavy atom. The Hall–Kier alpha value is -2.22. The van der Waals surface area contributed by atoms with Crippen molar-refractivity contribution in [3.63, 3.8) is 0 Å². The monoisotopic (exact) mass is 318 g/mol. The lowest BCUT2D eigenvalue weighted by Gasteiger charge is -2.34. The highest BCUT2D eigenvalue weighted by Crippen LogP contribution is 2.15. The van der Waals surface area contributed by atoms with Gasteiger partial charge in [-0.3, -0.25) is 9.59 Å². The molecule has 0 aliphatic carbocycles. The zero-order chi connectivity index (χ0) is 16.2. The molecule has 2 saturated heterocycles. The molecule has 2 fully saturated rings. The molecular weight excluding hydrogens is 296 g/mol. The van der Waals surface area contributed by atoms with Crippen molar-refractivity contribution in [2.45, 2.75) is 0 Å². The molecule has 0 saturated carbocycles. The van der Waals surface area contributed by atoms with Crippen LogP contribution < -0.4 is 4.90 Å². The van der Waals surface area contributed by atoms with E-state index >= 15 is 0 Å². The zero-order valence-corrected chi connectivity index (χ0v) is 13.4. The van der Waals surface area contributed by atoms with Gasteiger partial charge in [-0.1, -0.05) is 0 Å². The van der Waals surface area contributed by atoms with Crippen LogP contribution >= 0.6 is 0 Å². The molecule has 2 aliphatic heterocycles. The predicted molar refractivity (Wildman–Crippen MR) is 85.3 cm³/mol. The minimum absolute atomic E-state index is 0.0895. The third-order valence-corrected chi connectivity index (χ3v) is 4.45. The summed E-state index contributed by atoms with van der Waals surface area (Å²) in [5.74, 6) is 0.719. The molecule has 2 aliphatic rings. The number of carbonyl (C=O) groups is 2. The molecule has 2 amide bonds. The molecule has 0 unspecified atom stereocenters. The highest BCUT2D eigenvalue weighted by Gasteiger charge is 2.23. The summed E-state index contributed by atoms with van der Waals surface area (Å²) < 4.78 is 0. The van der Waals surface area contributed by atoms with Crippen molar-refractivity contribution in [1.82, 2.24) is 24.7 Å². The first-order valence-electron chi connectivity index (χ1n) is 7.91. The maximum Gasteiger partial charge on any atom is 0.272 e. The Labute approximate surface area is 135 Å². The lowest BCUT2D eigenvalue weighted by molar-refractivity contribution is -0.119. The summed E-state index contributed by atoms with van der Waals surface area (Å²) in [5.41, 5.74) is 0.425. The number of likely N-dealkylation sites (N-methyl/N-ethyl adjacent to an activating group) is 1. The Balaban J connectivity index is 1.67. The molecule has 0 bridgehead atoms. The third kappa shape index (κ3) is 3.58. The normalized spacial score (nSPS) is 19.8. The molecule has 8 heteroatoms. The first-order chi connectivity index (χ1) is 11.2. The van der Waals surface area contributed by atoms with Crippen LogP contribution in [0.25, 0.3) is 0 Å². The van der Waals surface area contributed by atoms with Crippen molar-refractivity contribution in [2.24, 2.45) is 0 Å². The van der Waals surface area contributed by atoms with Crippen LogP contribution in [-0.2, 0) is 4.79 Å². The van der Waals surface area contributed by atoms with Crippen molar-refractivity contribution in [3.8, 4) is 0 Å². The number of carbonyl (C=O) groups excluding carboxylic acids is 2. The van der Waals surface area contributed by atoms with Crippen LogP contribution in [0, 0.1) is 0 Å². The van der Waals surface area contributed by atoms with Gasteiger partial charge in [-0.15, -0.1) is 0 Å². The van der Waals surface area contributed by atoms with E-state index in [0.717, 1.165) is 38.4 Å². The molecular formula is C15H22N6O2. The fourth-order valence-corrected chi connectivity index (χ4v) is 2.86. The van der Waals surface area contributed by atoms with E-state index in [0.29, 0.717) is 31.9 Å². The Kier molecular flexibility index (Phi) is 4.71. The van der Waals surface area contributed by atoms with E-state index in [2.05, 4.69) is 26.8 Å². The van der Waals surface area contributed by atoms with Gasteiger partial charge < -0.3 is 19.6 Å². The first kappa shape index (κ1) is 15.7. The van der Waals surface area contributed by atoms with E-state index < -0.39 is 0 Å². The molecule has 3 rings (SSSR count). The minimum atomic E-state index is -0.0895. The van der Waals surface area contributed by atoms with Gasteiger partial charge in [0.15, 0.2) is 0 Å². The molecule has 0 aromatic carbocycles. The zero-order valence-electron chi connectivity index (χ0n) is 13.4. The van der Waals surface area contributed by atoms with Crippen molar-refractivity contribution in [2.75, 3.05) is 64.3 Å². The lowest BCUT2D eigenvalue weighted by atomic mass is 10.2. The van der Waals surface area contributed by atoms with Crippen LogP contribution in [0.2, 0.25) is 0 Å². The number of aromatic nitrogens is 2. The van der Waals surface area contributed by atoms with Gasteiger partial charge >= 0.3 is 0 Å². The van der Waals surface area contributed by atoms with Crippen LogP contribution in [0.15, 0.2) is 12.4 Å². The molecule has 1 aromatic rings. The maximum atomic E-state index is 12.6. The van der Waals surface area contributed by atoms with E-state index in [9.17, 15) is 9.59 Å². The van der Waals surface area contributed by atoms with Crippen LogP contribution in [0.4, 0.5) is 5.82 Å².